The predicted molar refractivity (Wildman–Crippen MR) is 125 cm³/mol. The van der Waals surface area contributed by atoms with Crippen LogP contribution in [0.15, 0.2) is 65.5 Å². The Hall–Kier alpha value is -3.31. The number of aryl methyl sites for hydroxylation is 1. The van der Waals surface area contributed by atoms with Gasteiger partial charge in [-0.05, 0) is 62.7 Å². The van der Waals surface area contributed by atoms with Crippen LogP contribution in [-0.4, -0.2) is 30.2 Å². The number of nitrogens with one attached hydrogen (secondary N) is 2. The van der Waals surface area contributed by atoms with Crippen molar-refractivity contribution in [2.24, 2.45) is 0 Å². The number of rotatable bonds is 6. The van der Waals surface area contributed by atoms with Crippen LogP contribution in [-0.2, 0) is 0 Å². The zero-order valence-corrected chi connectivity index (χ0v) is 18.4. The molecule has 1 aliphatic carbocycles. The van der Waals surface area contributed by atoms with Gasteiger partial charge in [-0.15, -0.1) is 0 Å². The van der Waals surface area contributed by atoms with E-state index in [9.17, 15) is 9.90 Å². The van der Waals surface area contributed by atoms with Crippen LogP contribution in [0.1, 0.15) is 47.8 Å². The second-order valence-corrected chi connectivity index (χ2v) is 7.89. The third-order valence-corrected chi connectivity index (χ3v) is 5.75. The van der Waals surface area contributed by atoms with E-state index in [1.54, 1.807) is 12.1 Å². The number of allylic oxidation sites excluding steroid dienone is 1. The summed E-state index contributed by atoms with van der Waals surface area (Å²) >= 11 is 0. The highest BCUT2D eigenvalue weighted by atomic mass is 16.5. The summed E-state index contributed by atoms with van der Waals surface area (Å²) in [4.78, 5) is 12.0. The smallest absolute Gasteiger partial charge is 0.336 e. The number of carbonyl (C=O) groups is 1. The molecule has 2 aliphatic rings. The first-order valence-electron chi connectivity index (χ1n) is 10.7. The monoisotopic (exact) mass is 416 g/mol. The van der Waals surface area contributed by atoms with Gasteiger partial charge in [-0.25, -0.2) is 4.79 Å². The van der Waals surface area contributed by atoms with Crippen molar-refractivity contribution in [2.75, 3.05) is 18.4 Å². The van der Waals surface area contributed by atoms with Crippen molar-refractivity contribution in [3.8, 4) is 5.75 Å². The molecule has 0 bridgehead atoms. The Labute approximate surface area is 183 Å². The van der Waals surface area contributed by atoms with Crippen molar-refractivity contribution in [3.63, 3.8) is 0 Å². The Morgan fingerprint density at radius 3 is 2.58 bits per heavy atom. The van der Waals surface area contributed by atoms with Crippen molar-refractivity contribution in [3.05, 3.63) is 87.7 Å². The molecule has 2 aromatic rings. The van der Waals surface area contributed by atoms with E-state index in [0.29, 0.717) is 5.56 Å². The molecule has 0 radical (unpaired) electrons. The molecule has 0 saturated heterocycles. The molecule has 160 valence electrons. The zero-order chi connectivity index (χ0) is 22.1. The van der Waals surface area contributed by atoms with E-state index in [1.165, 1.54) is 5.57 Å². The van der Waals surface area contributed by atoms with Gasteiger partial charge in [0, 0.05) is 35.0 Å². The molecule has 0 saturated carbocycles. The molecular weight excluding hydrogens is 388 g/mol. The first-order chi connectivity index (χ1) is 14.9. The lowest BCUT2D eigenvalue weighted by Crippen LogP contribution is -2.31. The highest BCUT2D eigenvalue weighted by Crippen LogP contribution is 2.46. The molecule has 2 aromatic carbocycles. The first kappa shape index (κ1) is 20.9. The van der Waals surface area contributed by atoms with Crippen molar-refractivity contribution in [2.45, 2.75) is 33.7 Å². The van der Waals surface area contributed by atoms with Gasteiger partial charge < -0.3 is 20.5 Å². The maximum atomic E-state index is 12.0. The largest absolute Gasteiger partial charge is 0.478 e. The maximum absolute atomic E-state index is 12.0. The summed E-state index contributed by atoms with van der Waals surface area (Å²) in [6, 6.07) is 11.4. The van der Waals surface area contributed by atoms with Gasteiger partial charge in [0.05, 0.1) is 11.6 Å². The minimum absolute atomic E-state index is 0.0833. The number of hydrogen-bond acceptors (Lipinski definition) is 4. The Balaban J connectivity index is 2.02. The quantitative estimate of drug-likeness (QED) is 0.608. The summed E-state index contributed by atoms with van der Waals surface area (Å²) in [6.07, 6.45) is 4.21. The maximum Gasteiger partial charge on any atom is 0.336 e. The molecule has 0 fully saturated rings. The molecule has 5 nitrogen and oxygen atoms in total. The van der Waals surface area contributed by atoms with E-state index < -0.39 is 5.97 Å². The van der Waals surface area contributed by atoms with Gasteiger partial charge in [-0.3, -0.25) is 0 Å². The molecule has 3 N–H and O–H groups in total. The summed E-state index contributed by atoms with van der Waals surface area (Å²) in [6.45, 7) is 9.93. The van der Waals surface area contributed by atoms with Gasteiger partial charge >= 0.3 is 5.97 Å². The normalized spacial score (nSPS) is 17.2. The van der Waals surface area contributed by atoms with Crippen molar-refractivity contribution in [1.29, 1.82) is 0 Å². The number of fused-ring (bicyclic) bond motifs is 2. The average Bonchev–Trinajstić information content (AvgIpc) is 2.74. The van der Waals surface area contributed by atoms with Gasteiger partial charge in [-0.1, -0.05) is 30.7 Å². The Bertz CT molecular complexity index is 1140. The fourth-order valence-corrected chi connectivity index (χ4v) is 4.28. The van der Waals surface area contributed by atoms with Crippen molar-refractivity contribution < 1.29 is 14.6 Å². The van der Waals surface area contributed by atoms with Gasteiger partial charge in [0.25, 0.3) is 0 Å². The van der Waals surface area contributed by atoms with Crippen LogP contribution >= 0.6 is 0 Å². The van der Waals surface area contributed by atoms with E-state index in [2.05, 4.69) is 56.5 Å². The number of aromatic carboxylic acids is 1. The van der Waals surface area contributed by atoms with Gasteiger partial charge in [0.2, 0.25) is 0 Å². The van der Waals surface area contributed by atoms with Crippen LogP contribution in [0.5, 0.6) is 5.75 Å². The summed E-state index contributed by atoms with van der Waals surface area (Å²) in [7, 11) is 0. The first-order valence-corrected chi connectivity index (χ1v) is 10.7. The van der Waals surface area contributed by atoms with Crippen LogP contribution in [0, 0.1) is 6.92 Å². The fourth-order valence-electron chi connectivity index (χ4n) is 4.28. The Morgan fingerprint density at radius 1 is 1.10 bits per heavy atom. The van der Waals surface area contributed by atoms with Gasteiger partial charge in [-0.2, -0.15) is 0 Å². The number of anilines is 1. The number of carboxylic acids is 1. The van der Waals surface area contributed by atoms with E-state index >= 15 is 0 Å². The predicted octanol–water partition coefficient (Wildman–Crippen LogP) is 5.14. The highest BCUT2D eigenvalue weighted by molar-refractivity contribution is 6.00. The van der Waals surface area contributed by atoms with E-state index in [-0.39, 0.29) is 11.6 Å². The SMILES string of the molecule is CCNc1cc2c(cc1C)C(c1ccccc1C(=O)O)=C1C=C(C)C(NCC)C=C1O2. The van der Waals surface area contributed by atoms with Crippen LogP contribution in [0.25, 0.3) is 5.57 Å². The van der Waals surface area contributed by atoms with E-state index in [4.69, 9.17) is 4.74 Å². The molecule has 1 heterocycles. The number of hydrogen-bond donors (Lipinski definition) is 3. The summed E-state index contributed by atoms with van der Waals surface area (Å²) in [5.41, 5.74) is 6.97. The van der Waals surface area contributed by atoms with Crippen molar-refractivity contribution in [1.82, 2.24) is 5.32 Å². The number of likely N-dealkylation sites (N-methyl/N-ethyl adjacent to an activating group) is 1. The number of carboxylic acid groups (broad SMARTS) is 1. The lowest BCUT2D eigenvalue weighted by atomic mass is 9.83. The minimum Gasteiger partial charge on any atom is -0.478 e. The van der Waals surface area contributed by atoms with Gasteiger partial charge in [0.15, 0.2) is 0 Å². The third kappa shape index (κ3) is 3.77. The third-order valence-electron chi connectivity index (χ3n) is 5.75. The molecule has 1 atom stereocenters. The standard InChI is InChI=1S/C26H28N2O3/c1-5-27-21-13-23-19(11-15(21)3)25(17-9-7-8-10-18(17)26(29)30)20-12-16(4)22(28-6-2)14-24(20)31-23/h7-14,21,27-28H,5-6H2,1-4H3,(H,29,30). The molecular formula is C26H28N2O3. The summed E-state index contributed by atoms with van der Waals surface area (Å²) < 4.78 is 6.39. The van der Waals surface area contributed by atoms with Crippen molar-refractivity contribution >= 4 is 17.2 Å². The Kier molecular flexibility index (Phi) is 5.70. The second kappa shape index (κ2) is 8.44. The van der Waals surface area contributed by atoms with Crippen LogP contribution in [0.4, 0.5) is 5.69 Å². The van der Waals surface area contributed by atoms with Gasteiger partial charge in [0.1, 0.15) is 11.5 Å². The van der Waals surface area contributed by atoms with Crippen LogP contribution in [0.3, 0.4) is 0 Å². The highest BCUT2D eigenvalue weighted by Gasteiger charge is 2.31. The topological polar surface area (TPSA) is 70.6 Å². The van der Waals surface area contributed by atoms with E-state index in [1.807, 2.05) is 18.2 Å². The Morgan fingerprint density at radius 2 is 1.87 bits per heavy atom. The lowest BCUT2D eigenvalue weighted by molar-refractivity contribution is 0.0696. The van der Waals surface area contributed by atoms with Crippen LogP contribution < -0.4 is 15.4 Å². The fraction of sp³-hybridized carbons (Fsp3) is 0.269. The molecule has 1 unspecified atom stereocenters. The number of benzene rings is 2. The molecule has 5 heteroatoms. The zero-order valence-electron chi connectivity index (χ0n) is 18.4. The molecule has 31 heavy (non-hydrogen) atoms. The lowest BCUT2D eigenvalue weighted by Gasteiger charge is -2.31. The number of ether oxygens (including phenoxy) is 1. The van der Waals surface area contributed by atoms with E-state index in [0.717, 1.165) is 52.6 Å². The van der Waals surface area contributed by atoms with Crippen LogP contribution in [0.2, 0.25) is 0 Å². The molecule has 0 aromatic heterocycles. The molecule has 0 amide bonds. The minimum atomic E-state index is -0.940. The summed E-state index contributed by atoms with van der Waals surface area (Å²) in [5.74, 6) is 0.547. The second-order valence-electron chi connectivity index (χ2n) is 7.89. The molecule has 4 rings (SSSR count). The molecule has 1 aliphatic heterocycles. The average molecular weight is 417 g/mol. The molecule has 0 spiro atoms. The summed E-state index contributed by atoms with van der Waals surface area (Å²) in [5, 5.41) is 16.7.